The molecule has 5 heteroatoms. The van der Waals surface area contributed by atoms with Crippen molar-refractivity contribution in [2.75, 3.05) is 5.33 Å². The van der Waals surface area contributed by atoms with Gasteiger partial charge in [-0.05, 0) is 23.8 Å². The van der Waals surface area contributed by atoms with Gasteiger partial charge in [0.05, 0.1) is 11.1 Å². The predicted molar refractivity (Wildman–Crippen MR) is 63.2 cm³/mol. The summed E-state index contributed by atoms with van der Waals surface area (Å²) in [4.78, 5) is 21.6. The van der Waals surface area contributed by atoms with Crippen molar-refractivity contribution in [3.8, 4) is 0 Å². The molecule has 4 nitrogen and oxygen atoms in total. The zero-order chi connectivity index (χ0) is 12.1. The summed E-state index contributed by atoms with van der Waals surface area (Å²) in [6, 6.07) is 3.98. The molecule has 1 aromatic rings. The van der Waals surface area contributed by atoms with E-state index < -0.39 is 11.9 Å². The lowest BCUT2D eigenvalue weighted by atomic mass is 10.1. The van der Waals surface area contributed by atoms with Crippen molar-refractivity contribution >= 4 is 33.9 Å². The molecule has 0 aliphatic heterocycles. The highest BCUT2D eigenvalue weighted by Crippen LogP contribution is 2.12. The minimum atomic E-state index is -1.14. The van der Waals surface area contributed by atoms with Gasteiger partial charge in [-0.3, -0.25) is 0 Å². The largest absolute Gasteiger partial charge is 0.478 e. The molecule has 0 aromatic heterocycles. The van der Waals surface area contributed by atoms with E-state index in [9.17, 15) is 9.59 Å². The second kappa shape index (κ2) is 5.46. The zero-order valence-electron chi connectivity index (χ0n) is 8.18. The first-order valence-electron chi connectivity index (χ1n) is 4.39. The Balaban J connectivity index is 3.24. The third-order valence-corrected chi connectivity index (χ3v) is 2.22. The van der Waals surface area contributed by atoms with Gasteiger partial charge >= 0.3 is 11.9 Å². The van der Waals surface area contributed by atoms with Crippen molar-refractivity contribution in [2.24, 2.45) is 0 Å². The molecule has 0 spiro atoms. The molecule has 0 bridgehead atoms. The number of carbonyl (C=O) groups is 2. The number of carboxylic acids is 2. The molecular weight excluding hydrogens is 276 g/mol. The molecule has 0 unspecified atom stereocenters. The van der Waals surface area contributed by atoms with Crippen LogP contribution in [-0.2, 0) is 0 Å². The topological polar surface area (TPSA) is 74.6 Å². The molecule has 0 fully saturated rings. The van der Waals surface area contributed by atoms with Crippen molar-refractivity contribution in [3.05, 3.63) is 41.0 Å². The van der Waals surface area contributed by atoms with Gasteiger partial charge in [0.1, 0.15) is 0 Å². The Kier molecular flexibility index (Phi) is 4.25. The first-order chi connectivity index (χ1) is 7.54. The summed E-state index contributed by atoms with van der Waals surface area (Å²) in [6.07, 6.45) is 3.42. The molecule has 0 aliphatic rings. The summed E-state index contributed by atoms with van der Waals surface area (Å²) in [5.41, 5.74) is 0.486. The maximum absolute atomic E-state index is 10.8. The molecule has 84 valence electrons. The third kappa shape index (κ3) is 3.20. The highest BCUT2D eigenvalue weighted by Gasteiger charge is 2.09. The van der Waals surface area contributed by atoms with Crippen LogP contribution in [0.5, 0.6) is 0 Å². The second-order valence-electron chi connectivity index (χ2n) is 3.01. The molecule has 0 aliphatic carbocycles. The van der Waals surface area contributed by atoms with Crippen molar-refractivity contribution in [2.45, 2.75) is 0 Å². The van der Waals surface area contributed by atoms with Crippen LogP contribution >= 0.6 is 15.9 Å². The first-order valence-corrected chi connectivity index (χ1v) is 5.51. The fraction of sp³-hybridized carbons (Fsp3) is 0.0909. The smallest absolute Gasteiger partial charge is 0.335 e. The van der Waals surface area contributed by atoms with Crippen LogP contribution in [0, 0.1) is 0 Å². The molecule has 0 amide bonds. The van der Waals surface area contributed by atoms with Crippen molar-refractivity contribution in [3.63, 3.8) is 0 Å². The standard InChI is InChI=1S/C11H9BrO4/c12-3-1-2-7-4-8(10(13)14)6-9(5-7)11(15)16/h1-2,4-6H,3H2,(H,13,14)(H,15,16). The first kappa shape index (κ1) is 12.4. The Morgan fingerprint density at radius 3 is 2.00 bits per heavy atom. The number of benzene rings is 1. The summed E-state index contributed by atoms with van der Waals surface area (Å²) >= 11 is 3.18. The number of rotatable bonds is 4. The molecule has 16 heavy (non-hydrogen) atoms. The fourth-order valence-corrected chi connectivity index (χ4v) is 1.36. The molecule has 1 aromatic carbocycles. The van der Waals surface area contributed by atoms with Crippen LogP contribution in [0.3, 0.4) is 0 Å². The summed E-state index contributed by atoms with van der Waals surface area (Å²) in [7, 11) is 0. The summed E-state index contributed by atoms with van der Waals surface area (Å²) in [5.74, 6) is -2.28. The maximum atomic E-state index is 10.8. The van der Waals surface area contributed by atoms with Gasteiger partial charge < -0.3 is 10.2 Å². The molecule has 0 saturated heterocycles. The van der Waals surface area contributed by atoms with Gasteiger partial charge in [-0.2, -0.15) is 0 Å². The van der Waals surface area contributed by atoms with Crippen LogP contribution in [0.4, 0.5) is 0 Å². The van der Waals surface area contributed by atoms with E-state index in [1.54, 1.807) is 12.2 Å². The lowest BCUT2D eigenvalue weighted by Gasteiger charge is -2.01. The number of aromatic carboxylic acids is 2. The Morgan fingerprint density at radius 2 is 1.62 bits per heavy atom. The molecular formula is C11H9BrO4. The molecule has 2 N–H and O–H groups in total. The number of halogens is 1. The average Bonchev–Trinajstić information content (AvgIpc) is 2.25. The van der Waals surface area contributed by atoms with Gasteiger partial charge in [-0.25, -0.2) is 9.59 Å². The summed E-state index contributed by atoms with van der Waals surface area (Å²) in [5, 5.41) is 18.2. The summed E-state index contributed by atoms with van der Waals surface area (Å²) < 4.78 is 0. The van der Waals surface area contributed by atoms with Crippen LogP contribution in [-0.4, -0.2) is 27.5 Å². The lowest BCUT2D eigenvalue weighted by Crippen LogP contribution is -2.02. The number of carboxylic acid groups (broad SMARTS) is 2. The molecule has 0 radical (unpaired) electrons. The quantitative estimate of drug-likeness (QED) is 0.833. The van der Waals surface area contributed by atoms with Crippen LogP contribution in [0.15, 0.2) is 24.3 Å². The van der Waals surface area contributed by atoms with Crippen molar-refractivity contribution < 1.29 is 19.8 Å². The molecule has 0 atom stereocenters. The molecule has 0 heterocycles. The van der Waals surface area contributed by atoms with Crippen LogP contribution in [0.25, 0.3) is 6.08 Å². The Hall–Kier alpha value is -1.62. The molecule has 1 rings (SSSR count). The Morgan fingerprint density at radius 1 is 1.12 bits per heavy atom. The minimum Gasteiger partial charge on any atom is -0.478 e. The van der Waals surface area contributed by atoms with E-state index in [1.165, 1.54) is 12.1 Å². The highest BCUT2D eigenvalue weighted by atomic mass is 79.9. The van der Waals surface area contributed by atoms with E-state index in [0.717, 1.165) is 6.07 Å². The van der Waals surface area contributed by atoms with Crippen molar-refractivity contribution in [1.82, 2.24) is 0 Å². The molecule has 0 saturated carbocycles. The van der Waals surface area contributed by atoms with E-state index in [2.05, 4.69) is 15.9 Å². The van der Waals surface area contributed by atoms with Gasteiger partial charge in [0, 0.05) is 5.33 Å². The van der Waals surface area contributed by atoms with Gasteiger partial charge in [-0.15, -0.1) is 0 Å². The van der Waals surface area contributed by atoms with E-state index in [0.29, 0.717) is 10.9 Å². The lowest BCUT2D eigenvalue weighted by molar-refractivity contribution is 0.0696. The van der Waals surface area contributed by atoms with E-state index >= 15 is 0 Å². The van der Waals surface area contributed by atoms with Gasteiger partial charge in [0.2, 0.25) is 0 Å². The maximum Gasteiger partial charge on any atom is 0.335 e. The van der Waals surface area contributed by atoms with Gasteiger partial charge in [0.25, 0.3) is 0 Å². The predicted octanol–water partition coefficient (Wildman–Crippen LogP) is 2.49. The number of hydrogen-bond donors (Lipinski definition) is 2. The average molecular weight is 285 g/mol. The van der Waals surface area contributed by atoms with Crippen LogP contribution in [0.1, 0.15) is 26.3 Å². The number of hydrogen-bond acceptors (Lipinski definition) is 2. The Labute approximate surface area is 100 Å². The number of alkyl halides is 1. The normalized spacial score (nSPS) is 10.6. The summed E-state index contributed by atoms with van der Waals surface area (Å²) in [6.45, 7) is 0. The van der Waals surface area contributed by atoms with Crippen LogP contribution in [0.2, 0.25) is 0 Å². The minimum absolute atomic E-state index is 0.0332. The van der Waals surface area contributed by atoms with E-state index in [4.69, 9.17) is 10.2 Å². The van der Waals surface area contributed by atoms with Gasteiger partial charge in [0.15, 0.2) is 0 Å². The van der Waals surface area contributed by atoms with E-state index in [-0.39, 0.29) is 11.1 Å². The second-order valence-corrected chi connectivity index (χ2v) is 3.66. The van der Waals surface area contributed by atoms with Crippen molar-refractivity contribution in [1.29, 1.82) is 0 Å². The fourth-order valence-electron chi connectivity index (χ4n) is 1.18. The van der Waals surface area contributed by atoms with Gasteiger partial charge in [-0.1, -0.05) is 28.1 Å². The Bertz CT molecular complexity index is 419. The highest BCUT2D eigenvalue weighted by molar-refractivity contribution is 9.09. The SMILES string of the molecule is O=C(O)c1cc(C=CCBr)cc(C(=O)O)c1. The number of allylic oxidation sites excluding steroid dienone is 1. The monoisotopic (exact) mass is 284 g/mol. The van der Waals surface area contributed by atoms with E-state index in [1.807, 2.05) is 0 Å². The zero-order valence-corrected chi connectivity index (χ0v) is 9.77. The van der Waals surface area contributed by atoms with Crippen LogP contribution < -0.4 is 0 Å². The third-order valence-electron chi connectivity index (χ3n) is 1.85.